The number of halogens is 1. The van der Waals surface area contributed by atoms with Crippen molar-refractivity contribution in [1.29, 1.82) is 0 Å². The van der Waals surface area contributed by atoms with E-state index in [9.17, 15) is 13.2 Å². The number of sulfonamides is 1. The molecule has 0 aliphatic carbocycles. The molecule has 3 aliphatic heterocycles. The highest BCUT2D eigenvalue weighted by molar-refractivity contribution is 7.90. The number of amides is 1. The van der Waals surface area contributed by atoms with Gasteiger partial charge < -0.3 is 14.7 Å². The number of aromatic nitrogens is 1. The smallest absolute Gasteiger partial charge is 0.285 e. The van der Waals surface area contributed by atoms with Gasteiger partial charge in [0.25, 0.3) is 10.0 Å². The van der Waals surface area contributed by atoms with Gasteiger partial charge in [-0.1, -0.05) is 23.7 Å². The Balaban J connectivity index is 1.31. The minimum absolute atomic E-state index is 0.0331. The normalized spacial score (nSPS) is 22.4. The summed E-state index contributed by atoms with van der Waals surface area (Å²) in [6.45, 7) is 3.17. The second-order valence-corrected chi connectivity index (χ2v) is 9.89. The Labute approximate surface area is 186 Å². The van der Waals surface area contributed by atoms with Crippen molar-refractivity contribution in [3.05, 3.63) is 53.2 Å². The maximum absolute atomic E-state index is 13.4. The van der Waals surface area contributed by atoms with Crippen LogP contribution in [0.5, 0.6) is 0 Å². The number of carbonyl (C=O) groups excluding carboxylic acids is 1. The number of nitrogens with zero attached hydrogens (tertiary/aromatic N) is 5. The van der Waals surface area contributed by atoms with E-state index in [4.69, 9.17) is 11.6 Å². The first-order valence-electron chi connectivity index (χ1n) is 10.3. The fourth-order valence-electron chi connectivity index (χ4n) is 4.49. The lowest BCUT2D eigenvalue weighted by Crippen LogP contribution is -2.54. The zero-order chi connectivity index (χ0) is 21.6. The summed E-state index contributed by atoms with van der Waals surface area (Å²) in [5.41, 5.74) is 0.584. The lowest BCUT2D eigenvalue weighted by atomic mass is 10.1. The lowest BCUT2D eigenvalue weighted by molar-refractivity contribution is -0.135. The van der Waals surface area contributed by atoms with Crippen molar-refractivity contribution in [2.75, 3.05) is 37.6 Å². The molecular weight excluding hydrogens is 438 g/mol. The Morgan fingerprint density at radius 1 is 1.03 bits per heavy atom. The molecule has 1 amide bonds. The first-order chi connectivity index (χ1) is 14.9. The third kappa shape index (κ3) is 3.65. The molecule has 3 aliphatic rings. The minimum Gasteiger partial charge on any atom is -0.353 e. The van der Waals surface area contributed by atoms with Gasteiger partial charge in [0.2, 0.25) is 5.91 Å². The van der Waals surface area contributed by atoms with Gasteiger partial charge in [0.05, 0.1) is 5.02 Å². The first kappa shape index (κ1) is 20.3. The van der Waals surface area contributed by atoms with Crippen LogP contribution in [0.2, 0.25) is 5.02 Å². The molecule has 1 aromatic carbocycles. The molecule has 0 N–H and O–H groups in total. The summed E-state index contributed by atoms with van der Waals surface area (Å²) in [4.78, 5) is 23.8. The molecular formula is C21H22ClN5O3S. The molecule has 5 rings (SSSR count). The second kappa shape index (κ2) is 7.80. The summed E-state index contributed by atoms with van der Waals surface area (Å²) >= 11 is 5.92. The number of fused-ring (bicyclic) bond motifs is 1. The van der Waals surface area contributed by atoms with E-state index in [-0.39, 0.29) is 16.8 Å². The maximum Gasteiger partial charge on any atom is 0.285 e. The van der Waals surface area contributed by atoms with Crippen molar-refractivity contribution < 1.29 is 13.2 Å². The second-order valence-electron chi connectivity index (χ2n) is 7.88. The van der Waals surface area contributed by atoms with Gasteiger partial charge in [-0.2, -0.15) is 8.42 Å². The quantitative estimate of drug-likeness (QED) is 0.682. The molecule has 0 saturated carbocycles. The van der Waals surface area contributed by atoms with Gasteiger partial charge >= 0.3 is 0 Å². The van der Waals surface area contributed by atoms with Crippen molar-refractivity contribution >= 4 is 39.2 Å². The van der Waals surface area contributed by atoms with Crippen LogP contribution < -0.4 is 4.90 Å². The largest absolute Gasteiger partial charge is 0.353 e. The van der Waals surface area contributed by atoms with E-state index in [2.05, 4.69) is 14.3 Å². The lowest BCUT2D eigenvalue weighted by Gasteiger charge is -2.38. The van der Waals surface area contributed by atoms with Crippen LogP contribution >= 0.6 is 11.6 Å². The standard InChI is InChI=1S/C21H22ClN5O3S/c22-15-7-8-19(23-14-15)25-10-12-26(13-11-25)21(28)17-5-3-9-27(17)20-16-4-1-2-6-18(16)31(29,30)24-20/h1-2,4,6-8,14,17H,3,5,9-13H2/t17-/m0/s1. The number of amidine groups is 1. The molecule has 2 aromatic rings. The Hall–Kier alpha value is -2.65. The molecule has 0 bridgehead atoms. The van der Waals surface area contributed by atoms with Crippen LogP contribution in [-0.4, -0.2) is 73.7 Å². The molecule has 31 heavy (non-hydrogen) atoms. The van der Waals surface area contributed by atoms with Gasteiger partial charge in [0.1, 0.15) is 16.8 Å². The molecule has 0 unspecified atom stereocenters. The van der Waals surface area contributed by atoms with Gasteiger partial charge in [-0.3, -0.25) is 4.79 Å². The van der Waals surface area contributed by atoms with Crippen LogP contribution in [0.15, 0.2) is 51.9 Å². The van der Waals surface area contributed by atoms with Crippen LogP contribution in [0.1, 0.15) is 18.4 Å². The van der Waals surface area contributed by atoms with E-state index in [0.717, 1.165) is 12.2 Å². The van der Waals surface area contributed by atoms with E-state index >= 15 is 0 Å². The average Bonchev–Trinajstić information content (AvgIpc) is 3.37. The Morgan fingerprint density at radius 3 is 2.55 bits per heavy atom. The van der Waals surface area contributed by atoms with Crippen molar-refractivity contribution in [2.24, 2.45) is 4.40 Å². The van der Waals surface area contributed by atoms with E-state index < -0.39 is 10.0 Å². The highest BCUT2D eigenvalue weighted by atomic mass is 35.5. The van der Waals surface area contributed by atoms with Crippen molar-refractivity contribution in [3.63, 3.8) is 0 Å². The number of rotatable bonds is 2. The Kier molecular flexibility index (Phi) is 5.10. The fourth-order valence-corrected chi connectivity index (χ4v) is 5.82. The molecule has 1 atom stereocenters. The number of likely N-dealkylation sites (tertiary alicyclic amines) is 1. The Morgan fingerprint density at radius 2 is 1.81 bits per heavy atom. The average molecular weight is 460 g/mol. The molecule has 4 heterocycles. The zero-order valence-electron chi connectivity index (χ0n) is 16.8. The minimum atomic E-state index is -3.71. The van der Waals surface area contributed by atoms with Crippen LogP contribution in [0.25, 0.3) is 0 Å². The molecule has 0 radical (unpaired) electrons. The summed E-state index contributed by atoms with van der Waals surface area (Å²) in [7, 11) is -3.71. The summed E-state index contributed by atoms with van der Waals surface area (Å²) in [6.07, 6.45) is 3.14. The first-order valence-corrected chi connectivity index (χ1v) is 12.1. The van der Waals surface area contributed by atoms with Gasteiger partial charge in [-0.25, -0.2) is 4.98 Å². The van der Waals surface area contributed by atoms with E-state index in [1.54, 1.807) is 30.5 Å². The monoisotopic (exact) mass is 459 g/mol. The number of hydrogen-bond donors (Lipinski definition) is 0. The van der Waals surface area contributed by atoms with Crippen LogP contribution in [-0.2, 0) is 14.8 Å². The summed E-state index contributed by atoms with van der Waals surface area (Å²) < 4.78 is 28.9. The van der Waals surface area contributed by atoms with Crippen LogP contribution in [0.4, 0.5) is 5.82 Å². The molecule has 2 saturated heterocycles. The molecule has 2 fully saturated rings. The van der Waals surface area contributed by atoms with E-state index in [0.29, 0.717) is 55.6 Å². The molecule has 8 nitrogen and oxygen atoms in total. The van der Waals surface area contributed by atoms with Crippen molar-refractivity contribution in [3.8, 4) is 0 Å². The van der Waals surface area contributed by atoms with Gasteiger partial charge in [0, 0.05) is 44.5 Å². The van der Waals surface area contributed by atoms with Gasteiger partial charge in [0.15, 0.2) is 5.84 Å². The molecule has 0 spiro atoms. The molecule has 162 valence electrons. The topological polar surface area (TPSA) is 86.2 Å². The summed E-state index contributed by atoms with van der Waals surface area (Å²) in [6, 6.07) is 10.1. The number of carbonyl (C=O) groups is 1. The van der Waals surface area contributed by atoms with Crippen molar-refractivity contribution in [1.82, 2.24) is 14.8 Å². The fraction of sp³-hybridized carbons (Fsp3) is 0.381. The van der Waals surface area contributed by atoms with Crippen molar-refractivity contribution in [2.45, 2.75) is 23.8 Å². The number of anilines is 1. The number of piperazine rings is 1. The number of hydrogen-bond acceptors (Lipinski definition) is 6. The third-order valence-corrected chi connectivity index (χ3v) is 7.60. The molecule has 1 aromatic heterocycles. The highest BCUT2D eigenvalue weighted by Gasteiger charge is 2.41. The summed E-state index contributed by atoms with van der Waals surface area (Å²) in [5.74, 6) is 1.28. The SMILES string of the molecule is O=C([C@@H]1CCCN1C1=NS(=O)(=O)c2ccccc21)N1CCN(c2ccc(Cl)cn2)CC1. The van der Waals surface area contributed by atoms with Gasteiger partial charge in [-0.05, 0) is 37.1 Å². The predicted octanol–water partition coefficient (Wildman–Crippen LogP) is 2.00. The number of benzene rings is 1. The van der Waals surface area contributed by atoms with Gasteiger partial charge in [-0.15, -0.1) is 4.40 Å². The molecule has 10 heteroatoms. The predicted molar refractivity (Wildman–Crippen MR) is 118 cm³/mol. The van der Waals surface area contributed by atoms with E-state index in [1.165, 1.54) is 0 Å². The van der Waals surface area contributed by atoms with Crippen LogP contribution in [0, 0.1) is 0 Å². The maximum atomic E-state index is 13.4. The third-order valence-electron chi connectivity index (χ3n) is 6.05. The van der Waals surface area contributed by atoms with E-state index in [1.807, 2.05) is 21.9 Å². The zero-order valence-corrected chi connectivity index (χ0v) is 18.4. The highest BCUT2D eigenvalue weighted by Crippen LogP contribution is 2.31. The number of pyridine rings is 1. The Bertz CT molecular complexity index is 1140. The summed E-state index contributed by atoms with van der Waals surface area (Å²) in [5, 5.41) is 0.595. The van der Waals surface area contributed by atoms with Crippen LogP contribution in [0.3, 0.4) is 0 Å².